The molecule has 2 aromatic rings. The van der Waals surface area contributed by atoms with Crippen LogP contribution in [0.25, 0.3) is 0 Å². The molecule has 0 spiro atoms. The molecule has 0 bridgehead atoms. The molecular weight excluding hydrogens is 264 g/mol. The van der Waals surface area contributed by atoms with Crippen molar-refractivity contribution in [3.8, 4) is 0 Å². The van der Waals surface area contributed by atoms with Gasteiger partial charge in [0.05, 0.1) is 18.6 Å². The van der Waals surface area contributed by atoms with E-state index in [9.17, 15) is 9.59 Å². The third kappa shape index (κ3) is 3.88. The number of Topliss-reactive ketones (excluding diaryl/α,β-unsaturated/α-hetero) is 2. The summed E-state index contributed by atoms with van der Waals surface area (Å²) >= 11 is 0. The number of ketones is 2. The highest BCUT2D eigenvalue weighted by molar-refractivity contribution is 5.94. The maximum atomic E-state index is 12.3. The second kappa shape index (κ2) is 6.97. The van der Waals surface area contributed by atoms with Gasteiger partial charge < -0.3 is 9.36 Å². The van der Waals surface area contributed by atoms with Crippen LogP contribution in [-0.2, 0) is 4.79 Å². The summed E-state index contributed by atoms with van der Waals surface area (Å²) in [6, 6.07) is 10.1. The molecule has 0 saturated heterocycles. The molecular formula is C17H20N2O2. The summed E-state index contributed by atoms with van der Waals surface area (Å²) < 4.78 is 1.89. The van der Waals surface area contributed by atoms with Gasteiger partial charge in [-0.05, 0) is 25.8 Å². The van der Waals surface area contributed by atoms with Gasteiger partial charge in [-0.25, -0.2) is 4.98 Å². The zero-order valence-corrected chi connectivity index (χ0v) is 12.5. The lowest BCUT2D eigenvalue weighted by atomic mass is 10.1. The number of nitrogens with zero attached hydrogens (tertiary/aromatic N) is 2. The molecule has 1 aromatic carbocycles. The number of hydrogen-bond donors (Lipinski definition) is 0. The van der Waals surface area contributed by atoms with E-state index in [0.29, 0.717) is 25.0 Å². The molecule has 0 radical (unpaired) electrons. The first-order valence-electron chi connectivity index (χ1n) is 7.19. The van der Waals surface area contributed by atoms with Crippen LogP contribution in [0.3, 0.4) is 0 Å². The molecule has 1 heterocycles. The summed E-state index contributed by atoms with van der Waals surface area (Å²) in [4.78, 5) is 27.3. The van der Waals surface area contributed by atoms with Crippen LogP contribution in [0.4, 0.5) is 0 Å². The van der Waals surface area contributed by atoms with Gasteiger partial charge in [0.2, 0.25) is 0 Å². The van der Waals surface area contributed by atoms with Gasteiger partial charge in [0.15, 0.2) is 5.78 Å². The predicted molar refractivity (Wildman–Crippen MR) is 81.3 cm³/mol. The van der Waals surface area contributed by atoms with Gasteiger partial charge in [-0.15, -0.1) is 0 Å². The Morgan fingerprint density at radius 3 is 2.57 bits per heavy atom. The lowest BCUT2D eigenvalue weighted by Crippen LogP contribution is -2.13. The zero-order valence-electron chi connectivity index (χ0n) is 12.5. The Morgan fingerprint density at radius 2 is 1.90 bits per heavy atom. The first-order chi connectivity index (χ1) is 10.1. The van der Waals surface area contributed by atoms with Crippen molar-refractivity contribution < 1.29 is 9.59 Å². The molecule has 0 aliphatic carbocycles. The Labute approximate surface area is 124 Å². The number of carbonyl (C=O) groups is 2. The smallest absolute Gasteiger partial charge is 0.180 e. The van der Waals surface area contributed by atoms with Crippen molar-refractivity contribution in [3.05, 3.63) is 54.1 Å². The van der Waals surface area contributed by atoms with E-state index in [-0.39, 0.29) is 17.6 Å². The van der Waals surface area contributed by atoms with Crippen molar-refractivity contribution in [1.29, 1.82) is 0 Å². The molecule has 0 saturated carbocycles. The molecule has 0 fully saturated rings. The molecule has 0 aliphatic rings. The largest absolute Gasteiger partial charge is 0.321 e. The molecule has 0 aliphatic heterocycles. The van der Waals surface area contributed by atoms with Crippen LogP contribution in [0, 0.1) is 0 Å². The Kier molecular flexibility index (Phi) is 5.04. The molecule has 0 unspecified atom stereocenters. The average Bonchev–Trinajstić information content (AvgIpc) is 2.96. The highest BCUT2D eigenvalue weighted by atomic mass is 16.1. The lowest BCUT2D eigenvalue weighted by molar-refractivity contribution is -0.117. The SMILES string of the molecule is CC(=O)CCCC(=O)c1cncn1[C@H](C)c1ccccc1. The van der Waals surface area contributed by atoms with E-state index >= 15 is 0 Å². The minimum absolute atomic E-state index is 0.0385. The standard InChI is InChI=1S/C17H20N2O2/c1-13(20)7-6-10-17(21)16-11-18-12-19(16)14(2)15-8-4-3-5-9-15/h3-5,8-9,11-12,14H,6-7,10H2,1-2H3/t14-/m1/s1. The van der Waals surface area contributed by atoms with Crippen LogP contribution in [-0.4, -0.2) is 21.1 Å². The van der Waals surface area contributed by atoms with Crippen molar-refractivity contribution in [2.45, 2.75) is 39.2 Å². The first kappa shape index (κ1) is 15.2. The topological polar surface area (TPSA) is 52.0 Å². The maximum Gasteiger partial charge on any atom is 0.180 e. The number of carbonyl (C=O) groups excluding carboxylic acids is 2. The van der Waals surface area contributed by atoms with Gasteiger partial charge in [0.1, 0.15) is 11.5 Å². The van der Waals surface area contributed by atoms with Gasteiger partial charge in [-0.1, -0.05) is 30.3 Å². The van der Waals surface area contributed by atoms with Gasteiger partial charge in [0, 0.05) is 12.8 Å². The second-order valence-electron chi connectivity index (χ2n) is 5.25. The van der Waals surface area contributed by atoms with Crippen molar-refractivity contribution >= 4 is 11.6 Å². The van der Waals surface area contributed by atoms with Gasteiger partial charge in [-0.3, -0.25) is 4.79 Å². The molecule has 4 heteroatoms. The van der Waals surface area contributed by atoms with Crippen molar-refractivity contribution in [2.24, 2.45) is 0 Å². The third-order valence-electron chi connectivity index (χ3n) is 3.58. The van der Waals surface area contributed by atoms with Crippen molar-refractivity contribution in [1.82, 2.24) is 9.55 Å². The number of aromatic nitrogens is 2. The second-order valence-corrected chi connectivity index (χ2v) is 5.25. The summed E-state index contributed by atoms with van der Waals surface area (Å²) in [5.74, 6) is 0.158. The Balaban J connectivity index is 2.11. The van der Waals surface area contributed by atoms with E-state index in [1.807, 2.05) is 41.8 Å². The van der Waals surface area contributed by atoms with Crippen LogP contribution >= 0.6 is 0 Å². The molecule has 1 atom stereocenters. The minimum Gasteiger partial charge on any atom is -0.321 e. The van der Waals surface area contributed by atoms with Crippen molar-refractivity contribution in [2.75, 3.05) is 0 Å². The monoisotopic (exact) mass is 284 g/mol. The summed E-state index contributed by atoms with van der Waals surface area (Å²) in [7, 11) is 0. The number of rotatable bonds is 7. The van der Waals surface area contributed by atoms with Crippen molar-refractivity contribution in [3.63, 3.8) is 0 Å². The molecule has 0 amide bonds. The van der Waals surface area contributed by atoms with E-state index in [4.69, 9.17) is 0 Å². The Hall–Kier alpha value is -2.23. The van der Waals surface area contributed by atoms with Crippen LogP contribution < -0.4 is 0 Å². The summed E-state index contributed by atoms with van der Waals surface area (Å²) in [5.41, 5.74) is 1.74. The summed E-state index contributed by atoms with van der Waals surface area (Å²) in [6.07, 6.45) is 4.73. The fraction of sp³-hybridized carbons (Fsp3) is 0.353. The average molecular weight is 284 g/mol. The molecule has 2 rings (SSSR count). The molecule has 21 heavy (non-hydrogen) atoms. The first-order valence-corrected chi connectivity index (χ1v) is 7.19. The van der Waals surface area contributed by atoms with Crippen LogP contribution in [0.5, 0.6) is 0 Å². The molecule has 0 N–H and O–H groups in total. The number of benzene rings is 1. The Bertz CT molecular complexity index is 617. The third-order valence-corrected chi connectivity index (χ3v) is 3.58. The highest BCUT2D eigenvalue weighted by Crippen LogP contribution is 2.20. The van der Waals surface area contributed by atoms with Gasteiger partial charge in [0.25, 0.3) is 0 Å². The van der Waals surface area contributed by atoms with Crippen LogP contribution in [0.2, 0.25) is 0 Å². The molecule has 4 nitrogen and oxygen atoms in total. The van der Waals surface area contributed by atoms with E-state index in [2.05, 4.69) is 4.98 Å². The lowest BCUT2D eigenvalue weighted by Gasteiger charge is -2.16. The van der Waals surface area contributed by atoms with Crippen LogP contribution in [0.1, 0.15) is 55.2 Å². The van der Waals surface area contributed by atoms with Crippen LogP contribution in [0.15, 0.2) is 42.9 Å². The summed E-state index contributed by atoms with van der Waals surface area (Å²) in [5, 5.41) is 0. The molecule has 1 aromatic heterocycles. The Morgan fingerprint density at radius 1 is 1.19 bits per heavy atom. The highest BCUT2D eigenvalue weighted by Gasteiger charge is 2.16. The minimum atomic E-state index is 0.0385. The zero-order chi connectivity index (χ0) is 15.2. The fourth-order valence-corrected chi connectivity index (χ4v) is 2.35. The molecule has 110 valence electrons. The van der Waals surface area contributed by atoms with E-state index in [1.165, 1.54) is 0 Å². The van der Waals surface area contributed by atoms with E-state index in [0.717, 1.165) is 5.56 Å². The van der Waals surface area contributed by atoms with Gasteiger partial charge >= 0.3 is 0 Å². The number of imidazole rings is 1. The summed E-state index contributed by atoms with van der Waals surface area (Å²) in [6.45, 7) is 3.59. The fourth-order valence-electron chi connectivity index (χ4n) is 2.35. The quantitative estimate of drug-likeness (QED) is 0.732. The normalized spacial score (nSPS) is 12.1. The predicted octanol–water partition coefficient (Wildman–Crippen LogP) is 3.43. The van der Waals surface area contributed by atoms with Gasteiger partial charge in [-0.2, -0.15) is 0 Å². The van der Waals surface area contributed by atoms with E-state index < -0.39 is 0 Å². The van der Waals surface area contributed by atoms with E-state index in [1.54, 1.807) is 19.4 Å². The number of hydrogen-bond acceptors (Lipinski definition) is 3. The maximum absolute atomic E-state index is 12.3.